The molecule has 1 aromatic carbocycles. The summed E-state index contributed by atoms with van der Waals surface area (Å²) in [5.74, 6) is -0.728. The van der Waals surface area contributed by atoms with Crippen LogP contribution in [0, 0.1) is 0 Å². The van der Waals surface area contributed by atoms with Gasteiger partial charge in [-0.25, -0.2) is 4.98 Å². The average molecular weight is 310 g/mol. The van der Waals surface area contributed by atoms with E-state index in [1.165, 1.54) is 0 Å². The Balaban J connectivity index is 2.00. The van der Waals surface area contributed by atoms with Crippen LogP contribution in [0.1, 0.15) is 16.8 Å². The molecule has 0 atom stereocenters. The zero-order valence-electron chi connectivity index (χ0n) is 12.2. The number of rotatable bonds is 5. The Bertz CT molecular complexity index is 856. The zero-order chi connectivity index (χ0) is 16.2. The number of fused-ring (bicyclic) bond motifs is 1. The van der Waals surface area contributed by atoms with Crippen molar-refractivity contribution < 1.29 is 19.1 Å². The molecule has 0 aliphatic rings. The Labute approximate surface area is 131 Å². The highest BCUT2D eigenvalue weighted by atomic mass is 16.4. The number of carbonyl (C=O) groups is 2. The standard InChI is InChI=1S/C17H14N2O4/c20-16(21)7-8-18-17(22)12-10-14(15-6-3-9-23-15)19-13-5-2-1-4-11(12)13/h1-6,9-10H,7-8H2,(H,18,22)(H,20,21). The number of carboxylic acids is 1. The topological polar surface area (TPSA) is 92.4 Å². The van der Waals surface area contributed by atoms with Gasteiger partial charge in [0.05, 0.1) is 23.8 Å². The molecule has 0 bridgehead atoms. The first-order valence-electron chi connectivity index (χ1n) is 7.09. The third-order valence-electron chi connectivity index (χ3n) is 3.36. The largest absolute Gasteiger partial charge is 0.481 e. The molecule has 2 N–H and O–H groups in total. The number of aliphatic carboxylic acids is 1. The number of aromatic nitrogens is 1. The molecule has 0 saturated heterocycles. The van der Waals surface area contributed by atoms with E-state index in [9.17, 15) is 9.59 Å². The molecule has 3 aromatic rings. The van der Waals surface area contributed by atoms with Crippen molar-refractivity contribution in [2.75, 3.05) is 6.54 Å². The van der Waals surface area contributed by atoms with Crippen LogP contribution in [-0.2, 0) is 4.79 Å². The van der Waals surface area contributed by atoms with E-state index in [0.29, 0.717) is 27.9 Å². The molecule has 1 amide bonds. The monoisotopic (exact) mass is 310 g/mol. The molecule has 23 heavy (non-hydrogen) atoms. The molecule has 0 aliphatic heterocycles. The van der Waals surface area contributed by atoms with Crippen LogP contribution in [0.4, 0.5) is 0 Å². The predicted molar refractivity (Wildman–Crippen MR) is 84.0 cm³/mol. The molecule has 2 aromatic heterocycles. The third-order valence-corrected chi connectivity index (χ3v) is 3.36. The minimum atomic E-state index is -0.957. The van der Waals surface area contributed by atoms with E-state index in [-0.39, 0.29) is 18.9 Å². The average Bonchev–Trinajstić information content (AvgIpc) is 3.07. The van der Waals surface area contributed by atoms with Gasteiger partial charge in [-0.15, -0.1) is 0 Å². The lowest BCUT2D eigenvalue weighted by Crippen LogP contribution is -2.26. The maximum absolute atomic E-state index is 12.4. The van der Waals surface area contributed by atoms with Gasteiger partial charge in [-0.3, -0.25) is 9.59 Å². The highest BCUT2D eigenvalue weighted by Gasteiger charge is 2.14. The number of nitrogens with one attached hydrogen (secondary N) is 1. The molecule has 0 unspecified atom stereocenters. The molecule has 0 saturated carbocycles. The van der Waals surface area contributed by atoms with Crippen LogP contribution in [0.2, 0.25) is 0 Å². The van der Waals surface area contributed by atoms with Gasteiger partial charge in [-0.05, 0) is 24.3 Å². The van der Waals surface area contributed by atoms with E-state index in [1.54, 1.807) is 30.5 Å². The van der Waals surface area contributed by atoms with Gasteiger partial charge in [-0.1, -0.05) is 18.2 Å². The number of amides is 1. The van der Waals surface area contributed by atoms with E-state index >= 15 is 0 Å². The number of carboxylic acid groups (broad SMARTS) is 1. The summed E-state index contributed by atoms with van der Waals surface area (Å²) in [6, 6.07) is 12.5. The molecular weight excluding hydrogens is 296 g/mol. The summed E-state index contributed by atoms with van der Waals surface area (Å²) in [6.45, 7) is 0.0703. The normalized spacial score (nSPS) is 10.6. The molecule has 0 aliphatic carbocycles. The molecule has 6 nitrogen and oxygen atoms in total. The van der Waals surface area contributed by atoms with Crippen LogP contribution in [0.3, 0.4) is 0 Å². The van der Waals surface area contributed by atoms with Crippen LogP contribution in [0.15, 0.2) is 53.1 Å². The molecule has 2 heterocycles. The second-order valence-electron chi connectivity index (χ2n) is 4.95. The number of hydrogen-bond acceptors (Lipinski definition) is 4. The summed E-state index contributed by atoms with van der Waals surface area (Å²) in [5, 5.41) is 12.0. The molecule has 6 heteroatoms. The fraction of sp³-hybridized carbons (Fsp3) is 0.118. The minimum Gasteiger partial charge on any atom is -0.481 e. The smallest absolute Gasteiger partial charge is 0.305 e. The maximum Gasteiger partial charge on any atom is 0.305 e. The number of para-hydroxylation sites is 1. The van der Waals surface area contributed by atoms with Gasteiger partial charge < -0.3 is 14.8 Å². The third kappa shape index (κ3) is 3.21. The Morgan fingerprint density at radius 2 is 2.00 bits per heavy atom. The summed E-state index contributed by atoms with van der Waals surface area (Å²) >= 11 is 0. The van der Waals surface area contributed by atoms with Crippen molar-refractivity contribution in [3.8, 4) is 11.5 Å². The van der Waals surface area contributed by atoms with E-state index < -0.39 is 5.97 Å². The van der Waals surface area contributed by atoms with E-state index in [1.807, 2.05) is 18.2 Å². The Morgan fingerprint density at radius 3 is 2.74 bits per heavy atom. The summed E-state index contributed by atoms with van der Waals surface area (Å²) in [4.78, 5) is 27.5. The lowest BCUT2D eigenvalue weighted by Gasteiger charge is -2.09. The first-order chi connectivity index (χ1) is 11.1. The van der Waals surface area contributed by atoms with Gasteiger partial charge in [-0.2, -0.15) is 0 Å². The molecule has 3 rings (SSSR count). The Kier molecular flexibility index (Phi) is 4.05. The molecule has 0 spiro atoms. The number of carbonyl (C=O) groups excluding carboxylic acids is 1. The second-order valence-corrected chi connectivity index (χ2v) is 4.95. The first-order valence-corrected chi connectivity index (χ1v) is 7.09. The first kappa shape index (κ1) is 14.8. The van der Waals surface area contributed by atoms with Gasteiger partial charge in [0.2, 0.25) is 0 Å². The predicted octanol–water partition coefficient (Wildman–Crippen LogP) is 2.70. The zero-order valence-corrected chi connectivity index (χ0v) is 12.2. The molecule has 0 radical (unpaired) electrons. The van der Waals surface area contributed by atoms with Gasteiger partial charge in [0.1, 0.15) is 5.69 Å². The summed E-state index contributed by atoms with van der Waals surface area (Å²) in [6.07, 6.45) is 1.42. The lowest BCUT2D eigenvalue weighted by atomic mass is 10.1. The van der Waals surface area contributed by atoms with Crippen molar-refractivity contribution >= 4 is 22.8 Å². The van der Waals surface area contributed by atoms with E-state index in [2.05, 4.69) is 10.3 Å². The molecule has 116 valence electrons. The number of hydrogen-bond donors (Lipinski definition) is 2. The number of pyridine rings is 1. The van der Waals surface area contributed by atoms with Crippen LogP contribution in [0.5, 0.6) is 0 Å². The van der Waals surface area contributed by atoms with E-state index in [4.69, 9.17) is 9.52 Å². The fourth-order valence-corrected chi connectivity index (χ4v) is 2.29. The quantitative estimate of drug-likeness (QED) is 0.756. The highest BCUT2D eigenvalue weighted by molar-refractivity contribution is 6.07. The molecular formula is C17H14N2O4. The van der Waals surface area contributed by atoms with Crippen LogP contribution < -0.4 is 5.32 Å². The van der Waals surface area contributed by atoms with Gasteiger partial charge >= 0.3 is 5.97 Å². The maximum atomic E-state index is 12.4. The number of nitrogens with zero attached hydrogens (tertiary/aromatic N) is 1. The van der Waals surface area contributed by atoms with Crippen LogP contribution >= 0.6 is 0 Å². The van der Waals surface area contributed by atoms with Crippen molar-refractivity contribution in [2.24, 2.45) is 0 Å². The summed E-state index contributed by atoms with van der Waals surface area (Å²) in [7, 11) is 0. The Morgan fingerprint density at radius 1 is 1.17 bits per heavy atom. The van der Waals surface area contributed by atoms with E-state index in [0.717, 1.165) is 0 Å². The van der Waals surface area contributed by atoms with Crippen molar-refractivity contribution in [1.29, 1.82) is 0 Å². The Hall–Kier alpha value is -3.15. The summed E-state index contributed by atoms with van der Waals surface area (Å²) < 4.78 is 5.34. The second kappa shape index (κ2) is 6.31. The van der Waals surface area contributed by atoms with Crippen molar-refractivity contribution in [3.63, 3.8) is 0 Å². The lowest BCUT2D eigenvalue weighted by molar-refractivity contribution is -0.136. The molecule has 0 fully saturated rings. The number of benzene rings is 1. The van der Waals surface area contributed by atoms with Crippen molar-refractivity contribution in [1.82, 2.24) is 10.3 Å². The van der Waals surface area contributed by atoms with Crippen molar-refractivity contribution in [3.05, 3.63) is 54.3 Å². The minimum absolute atomic E-state index is 0.0703. The van der Waals surface area contributed by atoms with Gasteiger partial charge in [0, 0.05) is 11.9 Å². The highest BCUT2D eigenvalue weighted by Crippen LogP contribution is 2.25. The summed E-state index contributed by atoms with van der Waals surface area (Å²) in [5.41, 5.74) is 1.66. The van der Waals surface area contributed by atoms with Gasteiger partial charge in [0.25, 0.3) is 5.91 Å². The number of furan rings is 1. The van der Waals surface area contributed by atoms with Crippen LogP contribution in [0.25, 0.3) is 22.4 Å². The fourth-order valence-electron chi connectivity index (χ4n) is 2.29. The van der Waals surface area contributed by atoms with Crippen LogP contribution in [-0.4, -0.2) is 28.5 Å². The van der Waals surface area contributed by atoms with Crippen molar-refractivity contribution in [2.45, 2.75) is 6.42 Å². The van der Waals surface area contributed by atoms with Gasteiger partial charge in [0.15, 0.2) is 5.76 Å². The SMILES string of the molecule is O=C(O)CCNC(=O)c1cc(-c2ccco2)nc2ccccc12.